The van der Waals surface area contributed by atoms with E-state index in [-0.39, 0.29) is 6.61 Å². The van der Waals surface area contributed by atoms with Crippen LogP contribution in [0.3, 0.4) is 0 Å². The third-order valence-electron chi connectivity index (χ3n) is 4.25. The van der Waals surface area contributed by atoms with E-state index in [4.69, 9.17) is 0 Å². The summed E-state index contributed by atoms with van der Waals surface area (Å²) in [5.41, 5.74) is -1.35. The highest BCUT2D eigenvalue weighted by atomic mass is 16.4. The Balaban J connectivity index is 2.78. The molecule has 4 nitrogen and oxygen atoms in total. The molecule has 100 valence electrons. The summed E-state index contributed by atoms with van der Waals surface area (Å²) in [6.45, 7) is 5.78. The molecule has 3 N–H and O–H groups in total. The third kappa shape index (κ3) is 3.19. The predicted octanol–water partition coefficient (Wildman–Crippen LogP) is 1.77. The molecule has 0 aromatic rings. The van der Waals surface area contributed by atoms with E-state index in [1.807, 2.05) is 6.92 Å². The Hall–Kier alpha value is -0.610. The average molecular weight is 243 g/mol. The van der Waals surface area contributed by atoms with Gasteiger partial charge in [-0.2, -0.15) is 0 Å². The molecule has 4 heteroatoms. The first-order valence-corrected chi connectivity index (χ1v) is 6.51. The maximum atomic E-state index is 11.3. The van der Waals surface area contributed by atoms with Crippen molar-refractivity contribution in [3.05, 3.63) is 0 Å². The van der Waals surface area contributed by atoms with Gasteiger partial charge in [-0.1, -0.05) is 13.8 Å². The van der Waals surface area contributed by atoms with Gasteiger partial charge in [0.05, 0.1) is 6.61 Å². The summed E-state index contributed by atoms with van der Waals surface area (Å²) in [4.78, 5) is 11.3. The SMILES string of the molecule is CCC(C)(NC1(CO)CCC(C)CC1)C(=O)O. The van der Waals surface area contributed by atoms with Crippen LogP contribution in [0.1, 0.15) is 52.9 Å². The molecule has 1 atom stereocenters. The first-order chi connectivity index (χ1) is 7.87. The van der Waals surface area contributed by atoms with Crippen LogP contribution in [0.25, 0.3) is 0 Å². The fourth-order valence-corrected chi connectivity index (χ4v) is 2.52. The largest absolute Gasteiger partial charge is 0.480 e. The Morgan fingerprint density at radius 2 is 2.00 bits per heavy atom. The fraction of sp³-hybridized carbons (Fsp3) is 0.923. The summed E-state index contributed by atoms with van der Waals surface area (Å²) in [6, 6.07) is 0. The zero-order valence-electron chi connectivity index (χ0n) is 11.1. The third-order valence-corrected chi connectivity index (χ3v) is 4.25. The van der Waals surface area contributed by atoms with Gasteiger partial charge in [0.15, 0.2) is 0 Å². The summed E-state index contributed by atoms with van der Waals surface area (Å²) < 4.78 is 0. The summed E-state index contributed by atoms with van der Waals surface area (Å²) in [7, 11) is 0. The van der Waals surface area contributed by atoms with Crippen LogP contribution in [0.5, 0.6) is 0 Å². The maximum absolute atomic E-state index is 11.3. The molecule has 1 unspecified atom stereocenters. The van der Waals surface area contributed by atoms with E-state index in [2.05, 4.69) is 12.2 Å². The molecule has 1 aliphatic rings. The van der Waals surface area contributed by atoms with Crippen molar-refractivity contribution in [2.75, 3.05) is 6.61 Å². The van der Waals surface area contributed by atoms with E-state index < -0.39 is 17.0 Å². The number of carboxylic acid groups (broad SMARTS) is 1. The van der Waals surface area contributed by atoms with Gasteiger partial charge in [0.2, 0.25) is 0 Å². The molecule has 0 radical (unpaired) electrons. The molecule has 0 aromatic carbocycles. The monoisotopic (exact) mass is 243 g/mol. The molecule has 1 rings (SSSR count). The second-order valence-electron chi connectivity index (χ2n) is 5.74. The summed E-state index contributed by atoms with van der Waals surface area (Å²) in [5.74, 6) is -0.166. The highest BCUT2D eigenvalue weighted by Gasteiger charge is 2.42. The second-order valence-corrected chi connectivity index (χ2v) is 5.74. The van der Waals surface area contributed by atoms with Gasteiger partial charge in [0, 0.05) is 5.54 Å². The van der Waals surface area contributed by atoms with Crippen LogP contribution in [0, 0.1) is 5.92 Å². The molecule has 0 aromatic heterocycles. The Kier molecular flexibility index (Phi) is 4.55. The van der Waals surface area contributed by atoms with Crippen molar-refractivity contribution in [2.45, 2.75) is 64.0 Å². The van der Waals surface area contributed by atoms with Crippen LogP contribution < -0.4 is 5.32 Å². The van der Waals surface area contributed by atoms with Crippen LogP contribution >= 0.6 is 0 Å². The van der Waals surface area contributed by atoms with Gasteiger partial charge < -0.3 is 10.2 Å². The molecular formula is C13H25NO3. The minimum absolute atomic E-state index is 0.0165. The van der Waals surface area contributed by atoms with Crippen molar-refractivity contribution in [3.8, 4) is 0 Å². The van der Waals surface area contributed by atoms with Crippen molar-refractivity contribution >= 4 is 5.97 Å². The molecule has 1 saturated carbocycles. The average Bonchev–Trinajstić information content (AvgIpc) is 2.32. The number of hydrogen-bond donors (Lipinski definition) is 3. The highest BCUT2D eigenvalue weighted by molar-refractivity contribution is 5.78. The Morgan fingerprint density at radius 1 is 1.47 bits per heavy atom. The zero-order valence-corrected chi connectivity index (χ0v) is 11.1. The minimum atomic E-state index is -0.941. The lowest BCUT2D eigenvalue weighted by Gasteiger charge is -2.44. The van der Waals surface area contributed by atoms with E-state index in [9.17, 15) is 15.0 Å². The number of carbonyl (C=O) groups is 1. The van der Waals surface area contributed by atoms with Gasteiger partial charge in [-0.05, 0) is 44.9 Å². The summed E-state index contributed by atoms with van der Waals surface area (Å²) >= 11 is 0. The van der Waals surface area contributed by atoms with Crippen LogP contribution in [0.4, 0.5) is 0 Å². The van der Waals surface area contributed by atoms with Crippen LogP contribution in [0.2, 0.25) is 0 Å². The quantitative estimate of drug-likeness (QED) is 0.688. The number of aliphatic hydroxyl groups excluding tert-OH is 1. The van der Waals surface area contributed by atoms with E-state index in [0.717, 1.165) is 25.7 Å². The molecule has 0 aliphatic heterocycles. The molecule has 1 aliphatic carbocycles. The van der Waals surface area contributed by atoms with Crippen molar-refractivity contribution in [2.24, 2.45) is 5.92 Å². The number of nitrogens with one attached hydrogen (secondary N) is 1. The number of carboxylic acids is 1. The number of hydrogen-bond acceptors (Lipinski definition) is 3. The standard InChI is InChI=1S/C13H25NO3/c1-4-12(3,11(16)17)14-13(9-15)7-5-10(2)6-8-13/h10,14-15H,4-9H2,1-3H3,(H,16,17). The van der Waals surface area contributed by atoms with Crippen molar-refractivity contribution in [1.29, 1.82) is 0 Å². The van der Waals surface area contributed by atoms with Crippen molar-refractivity contribution < 1.29 is 15.0 Å². The smallest absolute Gasteiger partial charge is 0.323 e. The lowest BCUT2D eigenvalue weighted by molar-refractivity contribution is -0.146. The Morgan fingerprint density at radius 3 is 2.35 bits per heavy atom. The number of rotatable bonds is 5. The topological polar surface area (TPSA) is 69.6 Å². The fourth-order valence-electron chi connectivity index (χ4n) is 2.52. The molecule has 0 heterocycles. The van der Waals surface area contributed by atoms with Crippen molar-refractivity contribution in [1.82, 2.24) is 5.32 Å². The van der Waals surface area contributed by atoms with Gasteiger partial charge in [-0.15, -0.1) is 0 Å². The molecule has 0 bridgehead atoms. The first kappa shape index (κ1) is 14.5. The van der Waals surface area contributed by atoms with Gasteiger partial charge in [0.25, 0.3) is 0 Å². The molecule has 17 heavy (non-hydrogen) atoms. The first-order valence-electron chi connectivity index (χ1n) is 6.51. The van der Waals surface area contributed by atoms with E-state index in [1.54, 1.807) is 6.92 Å². The van der Waals surface area contributed by atoms with Crippen LogP contribution in [-0.2, 0) is 4.79 Å². The van der Waals surface area contributed by atoms with E-state index in [0.29, 0.717) is 12.3 Å². The highest BCUT2D eigenvalue weighted by Crippen LogP contribution is 2.33. The van der Waals surface area contributed by atoms with Crippen LogP contribution in [0.15, 0.2) is 0 Å². The molecular weight excluding hydrogens is 218 g/mol. The maximum Gasteiger partial charge on any atom is 0.323 e. The van der Waals surface area contributed by atoms with Gasteiger partial charge in [0.1, 0.15) is 5.54 Å². The van der Waals surface area contributed by atoms with Crippen molar-refractivity contribution in [3.63, 3.8) is 0 Å². The number of aliphatic carboxylic acids is 1. The van der Waals surface area contributed by atoms with E-state index in [1.165, 1.54) is 0 Å². The van der Waals surface area contributed by atoms with Crippen LogP contribution in [-0.4, -0.2) is 33.9 Å². The summed E-state index contributed by atoms with van der Waals surface area (Å²) in [5, 5.41) is 22.1. The second kappa shape index (κ2) is 5.36. The molecule has 0 spiro atoms. The zero-order chi connectivity index (χ0) is 13.1. The van der Waals surface area contributed by atoms with E-state index >= 15 is 0 Å². The molecule has 0 amide bonds. The van der Waals surface area contributed by atoms with Gasteiger partial charge in [-0.3, -0.25) is 10.1 Å². The number of aliphatic hydroxyl groups is 1. The summed E-state index contributed by atoms with van der Waals surface area (Å²) in [6.07, 6.45) is 4.32. The minimum Gasteiger partial charge on any atom is -0.480 e. The normalized spacial score (nSPS) is 33.1. The molecule has 0 saturated heterocycles. The lowest BCUT2D eigenvalue weighted by atomic mass is 9.76. The predicted molar refractivity (Wildman–Crippen MR) is 66.9 cm³/mol. The molecule has 1 fully saturated rings. The van der Waals surface area contributed by atoms with Gasteiger partial charge >= 0.3 is 5.97 Å². The Bertz CT molecular complexity index is 272. The lowest BCUT2D eigenvalue weighted by Crippen LogP contribution is -2.62. The van der Waals surface area contributed by atoms with Gasteiger partial charge in [-0.25, -0.2) is 0 Å². The Labute approximate surface area is 103 Å².